The lowest BCUT2D eigenvalue weighted by Crippen LogP contribution is -2.43. The van der Waals surface area contributed by atoms with E-state index in [2.05, 4.69) is 13.0 Å². The zero-order valence-electron chi connectivity index (χ0n) is 5.96. The first-order valence-corrected chi connectivity index (χ1v) is 3.58. The van der Waals surface area contributed by atoms with Crippen LogP contribution < -0.4 is 0 Å². The molecule has 1 fully saturated rings. The molecule has 0 spiro atoms. The largest absolute Gasteiger partial charge is 0.465 e. The summed E-state index contributed by atoms with van der Waals surface area (Å²) in [6.45, 7) is 2.70. The minimum atomic E-state index is -0.0451. The Balaban J connectivity index is 2.26. The lowest BCUT2D eigenvalue weighted by atomic mass is 9.65. The van der Waals surface area contributed by atoms with Gasteiger partial charge in [0.2, 0.25) is 0 Å². The molecule has 0 bridgehead atoms. The highest BCUT2D eigenvalue weighted by Gasteiger charge is 2.45. The molecule has 2 rings (SSSR count). The maximum Gasteiger partial charge on any atom is 0.313 e. The number of cyclic esters (lactones) is 1. The summed E-state index contributed by atoms with van der Waals surface area (Å²) in [5, 5.41) is 0. The van der Waals surface area contributed by atoms with Crippen LogP contribution in [0.5, 0.6) is 0 Å². The van der Waals surface area contributed by atoms with Crippen molar-refractivity contribution in [2.45, 2.75) is 13.3 Å². The Morgan fingerprint density at radius 3 is 3.00 bits per heavy atom. The molecule has 0 N–H and O–H groups in total. The Hall–Kier alpha value is -0.790. The van der Waals surface area contributed by atoms with E-state index < -0.39 is 0 Å². The zero-order chi connectivity index (χ0) is 7.19. The highest BCUT2D eigenvalue weighted by molar-refractivity contribution is 5.78. The fourth-order valence-electron chi connectivity index (χ4n) is 1.57. The van der Waals surface area contributed by atoms with Crippen LogP contribution in [0.1, 0.15) is 13.3 Å². The Morgan fingerprint density at radius 1 is 1.80 bits per heavy atom. The van der Waals surface area contributed by atoms with Crippen LogP contribution in [-0.4, -0.2) is 12.6 Å². The molecule has 0 aromatic rings. The average Bonchev–Trinajstić information content (AvgIpc) is 1.83. The number of hydrogen-bond donors (Lipinski definition) is 0. The molecular formula is C8H10O2. The monoisotopic (exact) mass is 138 g/mol. The second-order valence-electron chi connectivity index (χ2n) is 3.26. The van der Waals surface area contributed by atoms with Gasteiger partial charge in [0, 0.05) is 5.41 Å². The van der Waals surface area contributed by atoms with Crippen molar-refractivity contribution in [1.82, 2.24) is 0 Å². The highest BCUT2D eigenvalue weighted by Crippen LogP contribution is 2.45. The predicted molar refractivity (Wildman–Crippen MR) is 36.3 cm³/mol. The van der Waals surface area contributed by atoms with Gasteiger partial charge in [0.1, 0.15) is 0 Å². The second-order valence-corrected chi connectivity index (χ2v) is 3.26. The molecule has 1 aliphatic carbocycles. The molecule has 2 nitrogen and oxygen atoms in total. The number of hydrogen-bond acceptors (Lipinski definition) is 2. The van der Waals surface area contributed by atoms with E-state index in [0.29, 0.717) is 6.61 Å². The minimum Gasteiger partial charge on any atom is -0.465 e. The fraction of sp³-hybridized carbons (Fsp3) is 0.625. The SMILES string of the molecule is CC12C=CC1C(=O)OCC2. The van der Waals surface area contributed by atoms with Gasteiger partial charge in [-0.3, -0.25) is 4.79 Å². The van der Waals surface area contributed by atoms with E-state index in [1.807, 2.05) is 6.08 Å². The number of rotatable bonds is 0. The lowest BCUT2D eigenvalue weighted by molar-refractivity contribution is -0.158. The van der Waals surface area contributed by atoms with Crippen molar-refractivity contribution in [1.29, 1.82) is 0 Å². The van der Waals surface area contributed by atoms with Crippen molar-refractivity contribution in [2.75, 3.05) is 6.61 Å². The van der Waals surface area contributed by atoms with Crippen LogP contribution in [0.15, 0.2) is 12.2 Å². The topological polar surface area (TPSA) is 26.3 Å². The van der Waals surface area contributed by atoms with Crippen LogP contribution in [0, 0.1) is 11.3 Å². The maximum absolute atomic E-state index is 11.0. The van der Waals surface area contributed by atoms with E-state index >= 15 is 0 Å². The van der Waals surface area contributed by atoms with Crippen molar-refractivity contribution in [3.05, 3.63) is 12.2 Å². The van der Waals surface area contributed by atoms with Crippen LogP contribution in [0.2, 0.25) is 0 Å². The highest BCUT2D eigenvalue weighted by atomic mass is 16.5. The molecule has 1 heterocycles. The standard InChI is InChI=1S/C8H10O2/c1-8-3-2-6(8)7(9)10-5-4-8/h2-3,6H,4-5H2,1H3. The first-order chi connectivity index (χ1) is 4.72. The molecule has 2 atom stereocenters. The van der Waals surface area contributed by atoms with E-state index in [1.165, 1.54) is 0 Å². The minimum absolute atomic E-state index is 0.0451. The van der Waals surface area contributed by atoms with E-state index in [0.717, 1.165) is 6.42 Å². The molecule has 0 saturated carbocycles. The number of ether oxygens (including phenoxy) is 1. The zero-order valence-corrected chi connectivity index (χ0v) is 5.96. The molecule has 0 amide bonds. The predicted octanol–water partition coefficient (Wildman–Crippen LogP) is 1.13. The summed E-state index contributed by atoms with van der Waals surface area (Å²) >= 11 is 0. The Bertz CT molecular complexity index is 207. The lowest BCUT2D eigenvalue weighted by Gasteiger charge is -2.42. The van der Waals surface area contributed by atoms with Gasteiger partial charge in [-0.25, -0.2) is 0 Å². The third kappa shape index (κ3) is 0.564. The quantitative estimate of drug-likeness (QED) is 0.370. The normalized spacial score (nSPS) is 43.7. The second kappa shape index (κ2) is 1.62. The number of carbonyl (C=O) groups is 1. The number of fused-ring (bicyclic) bond motifs is 1. The molecule has 2 heteroatoms. The molecular weight excluding hydrogens is 128 g/mol. The van der Waals surface area contributed by atoms with Crippen molar-refractivity contribution >= 4 is 5.97 Å². The number of esters is 1. The molecule has 1 saturated heterocycles. The van der Waals surface area contributed by atoms with Gasteiger partial charge in [0.25, 0.3) is 0 Å². The molecule has 10 heavy (non-hydrogen) atoms. The Labute approximate surface area is 59.9 Å². The van der Waals surface area contributed by atoms with E-state index in [-0.39, 0.29) is 17.3 Å². The van der Waals surface area contributed by atoms with Crippen LogP contribution in [0.3, 0.4) is 0 Å². The van der Waals surface area contributed by atoms with Gasteiger partial charge < -0.3 is 4.74 Å². The molecule has 2 unspecified atom stereocenters. The Kier molecular flexibility index (Phi) is 0.967. The summed E-state index contributed by atoms with van der Waals surface area (Å²) in [5.74, 6) is 0.0116. The summed E-state index contributed by atoms with van der Waals surface area (Å²) in [6, 6.07) is 0. The molecule has 1 aliphatic heterocycles. The van der Waals surface area contributed by atoms with Gasteiger partial charge in [-0.05, 0) is 6.42 Å². The summed E-state index contributed by atoms with van der Waals surface area (Å²) in [5.41, 5.74) is 0.134. The first-order valence-electron chi connectivity index (χ1n) is 3.58. The van der Waals surface area contributed by atoms with Crippen molar-refractivity contribution < 1.29 is 9.53 Å². The molecule has 2 aliphatic rings. The summed E-state index contributed by atoms with van der Waals surface area (Å²) in [4.78, 5) is 11.0. The fourth-order valence-corrected chi connectivity index (χ4v) is 1.57. The molecule has 54 valence electrons. The average molecular weight is 138 g/mol. The summed E-state index contributed by atoms with van der Waals surface area (Å²) in [6.07, 6.45) is 5.03. The first kappa shape index (κ1) is 5.96. The van der Waals surface area contributed by atoms with Crippen molar-refractivity contribution in [3.63, 3.8) is 0 Å². The van der Waals surface area contributed by atoms with Gasteiger partial charge in [0.15, 0.2) is 0 Å². The summed E-state index contributed by atoms with van der Waals surface area (Å²) in [7, 11) is 0. The van der Waals surface area contributed by atoms with Gasteiger partial charge in [-0.15, -0.1) is 0 Å². The van der Waals surface area contributed by atoms with Gasteiger partial charge >= 0.3 is 5.97 Å². The number of carbonyl (C=O) groups excluding carboxylic acids is 1. The molecule has 0 aromatic heterocycles. The van der Waals surface area contributed by atoms with Crippen molar-refractivity contribution in [2.24, 2.45) is 11.3 Å². The smallest absolute Gasteiger partial charge is 0.313 e. The van der Waals surface area contributed by atoms with E-state index in [9.17, 15) is 4.79 Å². The van der Waals surface area contributed by atoms with Gasteiger partial charge in [-0.1, -0.05) is 19.1 Å². The maximum atomic E-state index is 11.0. The summed E-state index contributed by atoms with van der Waals surface area (Å²) < 4.78 is 4.89. The van der Waals surface area contributed by atoms with E-state index in [1.54, 1.807) is 0 Å². The van der Waals surface area contributed by atoms with E-state index in [4.69, 9.17) is 4.74 Å². The van der Waals surface area contributed by atoms with Gasteiger partial charge in [-0.2, -0.15) is 0 Å². The van der Waals surface area contributed by atoms with Crippen LogP contribution >= 0.6 is 0 Å². The van der Waals surface area contributed by atoms with Gasteiger partial charge in [0.05, 0.1) is 12.5 Å². The number of allylic oxidation sites excluding steroid dienone is 1. The Morgan fingerprint density at radius 2 is 2.60 bits per heavy atom. The van der Waals surface area contributed by atoms with Crippen LogP contribution in [-0.2, 0) is 9.53 Å². The third-order valence-electron chi connectivity index (χ3n) is 2.52. The van der Waals surface area contributed by atoms with Crippen molar-refractivity contribution in [3.8, 4) is 0 Å². The van der Waals surface area contributed by atoms with Crippen LogP contribution in [0.4, 0.5) is 0 Å². The third-order valence-corrected chi connectivity index (χ3v) is 2.52. The molecule has 0 radical (unpaired) electrons. The van der Waals surface area contributed by atoms with Crippen LogP contribution in [0.25, 0.3) is 0 Å². The molecule has 0 aromatic carbocycles.